The van der Waals surface area contributed by atoms with Gasteiger partial charge in [-0.05, 0) is 55.8 Å². The van der Waals surface area contributed by atoms with E-state index in [4.69, 9.17) is 16.3 Å². The van der Waals surface area contributed by atoms with Crippen LogP contribution in [0.25, 0.3) is 0 Å². The van der Waals surface area contributed by atoms with Gasteiger partial charge in [-0.25, -0.2) is 8.42 Å². The van der Waals surface area contributed by atoms with Gasteiger partial charge in [0.25, 0.3) is 15.9 Å². The van der Waals surface area contributed by atoms with E-state index in [1.807, 2.05) is 13.8 Å². The van der Waals surface area contributed by atoms with Crippen LogP contribution in [-0.4, -0.2) is 34.5 Å². The second kappa shape index (κ2) is 8.63. The number of hydrogen-bond donors (Lipinski definition) is 1. The van der Waals surface area contributed by atoms with Gasteiger partial charge < -0.3 is 10.1 Å². The molecule has 0 aromatic heterocycles. The fraction of sp³-hybridized carbons (Fsp3) is 0.316. The quantitative estimate of drug-likeness (QED) is 0.755. The van der Waals surface area contributed by atoms with Crippen molar-refractivity contribution in [3.8, 4) is 5.75 Å². The zero-order valence-corrected chi connectivity index (χ0v) is 17.3. The van der Waals surface area contributed by atoms with E-state index >= 15 is 0 Å². The molecule has 6 nitrogen and oxygen atoms in total. The summed E-state index contributed by atoms with van der Waals surface area (Å²) in [4.78, 5) is 12.4. The molecule has 1 N–H and O–H groups in total. The Balaban J connectivity index is 2.29. The molecule has 27 heavy (non-hydrogen) atoms. The molecule has 146 valence electrons. The molecule has 0 saturated carbocycles. The molecule has 1 amide bonds. The summed E-state index contributed by atoms with van der Waals surface area (Å²) in [5, 5.41) is 3.02. The lowest BCUT2D eigenvalue weighted by Crippen LogP contribution is -2.32. The summed E-state index contributed by atoms with van der Waals surface area (Å²) in [5.74, 6) is 0.276. The van der Waals surface area contributed by atoms with Crippen molar-refractivity contribution < 1.29 is 17.9 Å². The van der Waals surface area contributed by atoms with Crippen LogP contribution in [0, 0.1) is 0 Å². The fourth-order valence-corrected chi connectivity index (χ4v) is 3.78. The van der Waals surface area contributed by atoms with E-state index in [9.17, 15) is 13.2 Å². The van der Waals surface area contributed by atoms with E-state index in [1.165, 1.54) is 38.4 Å². The Morgan fingerprint density at radius 2 is 1.85 bits per heavy atom. The van der Waals surface area contributed by atoms with E-state index in [0.29, 0.717) is 17.0 Å². The highest BCUT2D eigenvalue weighted by Crippen LogP contribution is 2.28. The molecule has 0 saturated heterocycles. The minimum atomic E-state index is -3.77. The number of nitrogens with one attached hydrogen (secondary N) is 1. The van der Waals surface area contributed by atoms with Crippen molar-refractivity contribution >= 4 is 33.2 Å². The normalized spacial score (nSPS) is 12.3. The van der Waals surface area contributed by atoms with Crippen molar-refractivity contribution in [1.82, 2.24) is 5.32 Å². The van der Waals surface area contributed by atoms with Crippen LogP contribution in [0.1, 0.15) is 30.6 Å². The van der Waals surface area contributed by atoms with Crippen LogP contribution < -0.4 is 14.4 Å². The third-order valence-electron chi connectivity index (χ3n) is 4.27. The molecule has 0 bridgehead atoms. The van der Waals surface area contributed by atoms with Gasteiger partial charge in [-0.1, -0.05) is 18.5 Å². The van der Waals surface area contributed by atoms with E-state index in [-0.39, 0.29) is 21.9 Å². The van der Waals surface area contributed by atoms with Crippen molar-refractivity contribution in [1.29, 1.82) is 0 Å². The molecule has 0 aliphatic heterocycles. The van der Waals surface area contributed by atoms with Gasteiger partial charge in [-0.3, -0.25) is 9.10 Å². The number of anilines is 1. The summed E-state index contributed by atoms with van der Waals surface area (Å²) in [5.41, 5.74) is 0.659. The molecular formula is C19H23ClN2O4S. The van der Waals surface area contributed by atoms with Crippen molar-refractivity contribution in [2.75, 3.05) is 18.5 Å². The number of carbonyl (C=O) groups is 1. The maximum absolute atomic E-state index is 12.8. The van der Waals surface area contributed by atoms with E-state index in [1.54, 1.807) is 18.2 Å². The average molecular weight is 411 g/mol. The van der Waals surface area contributed by atoms with Crippen LogP contribution in [0.5, 0.6) is 5.75 Å². The van der Waals surface area contributed by atoms with Crippen LogP contribution in [0.2, 0.25) is 5.02 Å². The maximum atomic E-state index is 12.8. The van der Waals surface area contributed by atoms with Crippen LogP contribution in [0.15, 0.2) is 47.4 Å². The van der Waals surface area contributed by atoms with Crippen LogP contribution in [0.4, 0.5) is 5.69 Å². The highest BCUT2D eigenvalue weighted by molar-refractivity contribution is 7.92. The molecule has 2 aromatic rings. The van der Waals surface area contributed by atoms with Gasteiger partial charge in [0.05, 0.1) is 28.3 Å². The lowest BCUT2D eigenvalue weighted by atomic mass is 10.1. The number of amides is 1. The van der Waals surface area contributed by atoms with Gasteiger partial charge >= 0.3 is 0 Å². The lowest BCUT2D eigenvalue weighted by Gasteiger charge is -2.20. The van der Waals surface area contributed by atoms with Crippen molar-refractivity contribution in [2.24, 2.45) is 0 Å². The van der Waals surface area contributed by atoms with Crippen LogP contribution in [-0.2, 0) is 10.0 Å². The summed E-state index contributed by atoms with van der Waals surface area (Å²) < 4.78 is 31.8. The highest BCUT2D eigenvalue weighted by Gasteiger charge is 2.23. The first kappa shape index (κ1) is 21.1. The van der Waals surface area contributed by atoms with Gasteiger partial charge in [-0.2, -0.15) is 0 Å². The summed E-state index contributed by atoms with van der Waals surface area (Å²) in [6, 6.07) is 10.7. The maximum Gasteiger partial charge on any atom is 0.264 e. The van der Waals surface area contributed by atoms with Gasteiger partial charge in [0.2, 0.25) is 0 Å². The van der Waals surface area contributed by atoms with Crippen LogP contribution >= 0.6 is 11.6 Å². The van der Waals surface area contributed by atoms with Crippen molar-refractivity contribution in [2.45, 2.75) is 31.2 Å². The Kier molecular flexibility index (Phi) is 6.73. The number of halogens is 1. The van der Waals surface area contributed by atoms with E-state index < -0.39 is 10.0 Å². The molecule has 0 aliphatic rings. The Morgan fingerprint density at radius 1 is 1.22 bits per heavy atom. The van der Waals surface area contributed by atoms with Crippen molar-refractivity contribution in [3.05, 3.63) is 53.1 Å². The highest BCUT2D eigenvalue weighted by atomic mass is 35.5. The lowest BCUT2D eigenvalue weighted by molar-refractivity contribution is 0.0939. The average Bonchev–Trinajstić information content (AvgIpc) is 2.66. The topological polar surface area (TPSA) is 75.7 Å². The molecule has 1 atom stereocenters. The minimum absolute atomic E-state index is 0.0198. The smallest absolute Gasteiger partial charge is 0.264 e. The summed E-state index contributed by atoms with van der Waals surface area (Å²) in [6.45, 7) is 3.87. The molecule has 8 heteroatoms. The summed E-state index contributed by atoms with van der Waals surface area (Å²) in [7, 11) is -0.826. The first-order chi connectivity index (χ1) is 12.7. The summed E-state index contributed by atoms with van der Waals surface area (Å²) in [6.07, 6.45) is 0.796. The molecule has 0 radical (unpaired) electrons. The third-order valence-corrected chi connectivity index (χ3v) is 6.38. The Hall–Kier alpha value is -2.25. The molecule has 0 spiro atoms. The predicted octanol–water partition coefficient (Wildman–Crippen LogP) is 3.70. The monoisotopic (exact) mass is 410 g/mol. The third kappa shape index (κ3) is 4.73. The predicted molar refractivity (Wildman–Crippen MR) is 107 cm³/mol. The number of rotatable bonds is 7. The number of benzene rings is 2. The van der Waals surface area contributed by atoms with E-state index in [0.717, 1.165) is 10.7 Å². The van der Waals surface area contributed by atoms with Gasteiger partial charge in [0.1, 0.15) is 5.75 Å². The van der Waals surface area contributed by atoms with Gasteiger partial charge in [0.15, 0.2) is 0 Å². The van der Waals surface area contributed by atoms with E-state index in [2.05, 4.69) is 5.32 Å². The number of carbonyl (C=O) groups excluding carboxylic acids is 1. The number of nitrogens with zero attached hydrogens (tertiary/aromatic N) is 1. The second-order valence-electron chi connectivity index (χ2n) is 6.09. The van der Waals surface area contributed by atoms with Crippen LogP contribution in [0.3, 0.4) is 0 Å². The minimum Gasteiger partial charge on any atom is -0.497 e. The zero-order chi connectivity index (χ0) is 20.2. The van der Waals surface area contributed by atoms with Gasteiger partial charge in [-0.15, -0.1) is 0 Å². The standard InChI is InChI=1S/C19H23ClN2O4S/c1-5-13(2)21-19(23)17-11-6-14(12-18(17)20)22(3)27(24,25)16-9-7-15(26-4)8-10-16/h6-13H,5H2,1-4H3,(H,21,23)/t13-/m0/s1. The number of methoxy groups -OCH3 is 1. The SMILES string of the molecule is CC[C@H](C)NC(=O)c1ccc(N(C)S(=O)(=O)c2ccc(OC)cc2)cc1Cl. The molecule has 2 rings (SSSR count). The molecule has 0 unspecified atom stereocenters. The Labute approximate surface area is 165 Å². The number of hydrogen-bond acceptors (Lipinski definition) is 4. The van der Waals surface area contributed by atoms with Crippen molar-refractivity contribution in [3.63, 3.8) is 0 Å². The molecule has 0 aliphatic carbocycles. The molecule has 2 aromatic carbocycles. The molecule has 0 fully saturated rings. The first-order valence-corrected chi connectivity index (χ1v) is 10.3. The van der Waals surface area contributed by atoms with Gasteiger partial charge in [0, 0.05) is 13.1 Å². The Bertz CT molecular complexity index is 914. The number of ether oxygens (including phenoxy) is 1. The zero-order valence-electron chi connectivity index (χ0n) is 15.7. The summed E-state index contributed by atoms with van der Waals surface area (Å²) >= 11 is 6.23. The largest absolute Gasteiger partial charge is 0.497 e. The molecular weight excluding hydrogens is 388 g/mol. The number of sulfonamides is 1. The second-order valence-corrected chi connectivity index (χ2v) is 8.47. The fourth-order valence-electron chi connectivity index (χ4n) is 2.33. The molecule has 0 heterocycles. The first-order valence-electron chi connectivity index (χ1n) is 8.44. The Morgan fingerprint density at radius 3 is 2.37 bits per heavy atom.